The highest BCUT2D eigenvalue weighted by Gasteiger charge is 2.62. The highest BCUT2D eigenvalue weighted by Crippen LogP contribution is 2.47. The van der Waals surface area contributed by atoms with Crippen LogP contribution in [0.15, 0.2) is 91.0 Å². The first-order valence-corrected chi connectivity index (χ1v) is 15.8. The number of hydrogen-bond donors (Lipinski definition) is 0. The van der Waals surface area contributed by atoms with Crippen molar-refractivity contribution in [3.8, 4) is 0 Å². The minimum absolute atomic E-state index is 0.138. The lowest BCUT2D eigenvalue weighted by Gasteiger charge is -2.42. The molecule has 6 rings (SSSR count). The third kappa shape index (κ3) is 7.58. The molecule has 0 N–H and O–H groups in total. The Bertz CT molecular complexity index is 1230. The summed E-state index contributed by atoms with van der Waals surface area (Å²) in [5.74, 6) is -1.01. The molecular weight excluding hydrogens is 543 g/mol. The van der Waals surface area contributed by atoms with E-state index in [1.807, 2.05) is 54.6 Å². The van der Waals surface area contributed by atoms with Gasteiger partial charge in [0.1, 0.15) is 32.3 Å². The van der Waals surface area contributed by atoms with Crippen LogP contribution in [0.3, 0.4) is 0 Å². The molecule has 3 aliphatic rings. The van der Waals surface area contributed by atoms with Gasteiger partial charge in [-0.2, -0.15) is 0 Å². The Kier molecular flexibility index (Phi) is 10.6. The van der Waals surface area contributed by atoms with Gasteiger partial charge in [-0.1, -0.05) is 110 Å². The molecule has 2 aliphatic heterocycles. The molecule has 4 unspecified atom stereocenters. The van der Waals surface area contributed by atoms with E-state index in [-0.39, 0.29) is 5.92 Å². The van der Waals surface area contributed by atoms with Gasteiger partial charge in [0, 0.05) is 12.5 Å². The van der Waals surface area contributed by atoms with E-state index in [4.69, 9.17) is 33.2 Å². The molecular formula is C35H43BO7. The van der Waals surface area contributed by atoms with Crippen LogP contribution in [0.2, 0.25) is 6.32 Å². The van der Waals surface area contributed by atoms with E-state index in [2.05, 4.69) is 44.2 Å². The predicted molar refractivity (Wildman–Crippen MR) is 165 cm³/mol. The van der Waals surface area contributed by atoms with Gasteiger partial charge in [0.25, 0.3) is 5.97 Å². The SMILES string of the molecule is BCCOC1(C2CCCC2)OC2C(OCc3ccccc3)[C@H](OCc3ccccc3)C(COCc3ccccc3)O[C@H]2O1. The Morgan fingerprint density at radius 1 is 0.698 bits per heavy atom. The van der Waals surface area contributed by atoms with Crippen molar-refractivity contribution in [2.24, 2.45) is 5.92 Å². The van der Waals surface area contributed by atoms with Crippen LogP contribution in [0.1, 0.15) is 42.4 Å². The monoisotopic (exact) mass is 586 g/mol. The molecule has 3 aromatic carbocycles. The molecule has 1 saturated carbocycles. The van der Waals surface area contributed by atoms with Crippen molar-refractivity contribution in [2.45, 2.75) is 88.5 Å². The van der Waals surface area contributed by atoms with E-state index in [0.29, 0.717) is 33.0 Å². The Balaban J connectivity index is 1.27. The highest BCUT2D eigenvalue weighted by molar-refractivity contribution is 6.08. The molecule has 1 aliphatic carbocycles. The van der Waals surface area contributed by atoms with Crippen molar-refractivity contribution >= 4 is 7.85 Å². The lowest BCUT2D eigenvalue weighted by atomic mass is 9.98. The highest BCUT2D eigenvalue weighted by atomic mass is 16.9. The smallest absolute Gasteiger partial charge is 0.288 e. The minimum Gasteiger partial charge on any atom is -0.374 e. The van der Waals surface area contributed by atoms with Gasteiger partial charge in [-0.3, -0.25) is 4.74 Å². The number of ether oxygens (including phenoxy) is 7. The van der Waals surface area contributed by atoms with Crippen LogP contribution < -0.4 is 0 Å². The topological polar surface area (TPSA) is 64.6 Å². The number of rotatable bonds is 14. The van der Waals surface area contributed by atoms with E-state index >= 15 is 0 Å². The van der Waals surface area contributed by atoms with Crippen LogP contribution in [0.4, 0.5) is 0 Å². The van der Waals surface area contributed by atoms with Crippen LogP contribution in [-0.4, -0.2) is 57.7 Å². The third-order valence-corrected chi connectivity index (χ3v) is 8.50. The molecule has 43 heavy (non-hydrogen) atoms. The van der Waals surface area contributed by atoms with Crippen molar-refractivity contribution in [2.75, 3.05) is 13.2 Å². The number of benzene rings is 3. The van der Waals surface area contributed by atoms with Crippen LogP contribution in [-0.2, 0) is 53.0 Å². The first-order valence-electron chi connectivity index (χ1n) is 15.8. The summed E-state index contributed by atoms with van der Waals surface area (Å²) < 4.78 is 46.2. The maximum atomic E-state index is 6.83. The molecule has 3 aromatic rings. The van der Waals surface area contributed by atoms with E-state index in [9.17, 15) is 0 Å². The first-order chi connectivity index (χ1) is 21.2. The van der Waals surface area contributed by atoms with Crippen LogP contribution >= 0.6 is 0 Å². The van der Waals surface area contributed by atoms with Gasteiger partial charge in [0.2, 0.25) is 0 Å². The van der Waals surface area contributed by atoms with E-state index in [1.165, 1.54) is 0 Å². The standard InChI is InChI=1S/C35H43BO7/c36-20-21-40-35(29-18-10-11-19-29)42-33-32(39-24-28-16-8-3-9-17-28)31(38-23-27-14-6-2-7-15-27)30(41-34(33)43-35)25-37-22-26-12-4-1-5-13-26/h1-9,12-17,29-34H,10-11,18-25,36H2/t30?,31-,32?,33?,34+,35?/m1/s1. The molecule has 8 heteroatoms. The van der Waals surface area contributed by atoms with Gasteiger partial charge < -0.3 is 28.4 Å². The maximum absolute atomic E-state index is 6.83. The van der Waals surface area contributed by atoms with E-state index in [0.717, 1.165) is 48.7 Å². The largest absolute Gasteiger partial charge is 0.374 e. The molecule has 7 nitrogen and oxygen atoms in total. The van der Waals surface area contributed by atoms with Gasteiger partial charge in [0.15, 0.2) is 6.29 Å². The summed E-state index contributed by atoms with van der Waals surface area (Å²) in [4.78, 5) is 0. The Morgan fingerprint density at radius 2 is 1.26 bits per heavy atom. The zero-order valence-corrected chi connectivity index (χ0v) is 25.1. The van der Waals surface area contributed by atoms with Crippen molar-refractivity contribution < 1.29 is 33.2 Å². The second kappa shape index (κ2) is 15.0. The molecule has 0 amide bonds. The molecule has 0 radical (unpaired) electrons. The molecule has 228 valence electrons. The average molecular weight is 587 g/mol. The van der Waals surface area contributed by atoms with Gasteiger partial charge in [-0.05, 0) is 29.5 Å². The molecule has 0 aromatic heterocycles. The van der Waals surface area contributed by atoms with Crippen LogP contribution in [0.5, 0.6) is 0 Å². The van der Waals surface area contributed by atoms with Crippen LogP contribution in [0, 0.1) is 5.92 Å². The summed E-state index contributed by atoms with van der Waals surface area (Å²) in [7, 11) is 2.10. The van der Waals surface area contributed by atoms with Crippen molar-refractivity contribution in [1.29, 1.82) is 0 Å². The lowest BCUT2D eigenvalue weighted by molar-refractivity contribution is -0.378. The summed E-state index contributed by atoms with van der Waals surface area (Å²) in [5.41, 5.74) is 3.25. The van der Waals surface area contributed by atoms with Gasteiger partial charge >= 0.3 is 0 Å². The van der Waals surface area contributed by atoms with Gasteiger partial charge in [-0.25, -0.2) is 0 Å². The molecule has 3 fully saturated rings. The second-order valence-corrected chi connectivity index (χ2v) is 11.7. The van der Waals surface area contributed by atoms with Crippen molar-refractivity contribution in [3.05, 3.63) is 108 Å². The minimum atomic E-state index is -1.15. The second-order valence-electron chi connectivity index (χ2n) is 11.7. The van der Waals surface area contributed by atoms with Crippen molar-refractivity contribution in [3.63, 3.8) is 0 Å². The van der Waals surface area contributed by atoms with Crippen LogP contribution in [0.25, 0.3) is 0 Å². The van der Waals surface area contributed by atoms with Crippen molar-refractivity contribution in [1.82, 2.24) is 0 Å². The summed E-state index contributed by atoms with van der Waals surface area (Å²) in [6.45, 7) is 2.15. The fourth-order valence-electron chi connectivity index (χ4n) is 6.31. The lowest BCUT2D eigenvalue weighted by Crippen LogP contribution is -2.59. The average Bonchev–Trinajstić information content (AvgIpc) is 3.73. The predicted octanol–water partition coefficient (Wildman–Crippen LogP) is 5.43. The zero-order chi connectivity index (χ0) is 29.3. The summed E-state index contributed by atoms with van der Waals surface area (Å²) in [5, 5.41) is 0. The number of hydrogen-bond acceptors (Lipinski definition) is 7. The van der Waals surface area contributed by atoms with E-state index in [1.54, 1.807) is 0 Å². The normalized spacial score (nSPS) is 29.1. The molecule has 0 spiro atoms. The summed E-state index contributed by atoms with van der Waals surface area (Å²) in [6, 6.07) is 30.5. The van der Waals surface area contributed by atoms with Gasteiger partial charge in [0.05, 0.1) is 26.4 Å². The maximum Gasteiger partial charge on any atom is 0.288 e. The number of fused-ring (bicyclic) bond motifs is 1. The first kappa shape index (κ1) is 30.5. The Hall–Kier alpha value is -2.56. The Labute approximate surface area is 256 Å². The van der Waals surface area contributed by atoms with Gasteiger partial charge in [-0.15, -0.1) is 0 Å². The van der Waals surface area contributed by atoms with E-state index < -0.39 is 36.7 Å². The summed E-state index contributed by atoms with van der Waals surface area (Å²) >= 11 is 0. The molecule has 6 atom stereocenters. The summed E-state index contributed by atoms with van der Waals surface area (Å²) in [6.07, 6.45) is 2.57. The molecule has 2 saturated heterocycles. The fourth-order valence-corrected chi connectivity index (χ4v) is 6.31. The third-order valence-electron chi connectivity index (χ3n) is 8.50. The fraction of sp³-hybridized carbons (Fsp3) is 0.486. The zero-order valence-electron chi connectivity index (χ0n) is 25.1. The molecule has 2 heterocycles. The quantitative estimate of drug-likeness (QED) is 0.234. The Morgan fingerprint density at radius 3 is 1.84 bits per heavy atom. The molecule has 0 bridgehead atoms.